The molecule has 0 saturated carbocycles. The Kier molecular flexibility index (Phi) is 6.01. The molecule has 0 spiro atoms. The Morgan fingerprint density at radius 3 is 2.36 bits per heavy atom. The molecule has 2 fully saturated rings. The zero-order chi connectivity index (χ0) is 20.3. The Bertz CT molecular complexity index is 708. The molecule has 1 N–H and O–H groups in total. The average molecular weight is 389 g/mol. The maximum atomic E-state index is 13.0. The second-order valence-electron chi connectivity index (χ2n) is 8.57. The van der Waals surface area contributed by atoms with Crippen molar-refractivity contribution in [2.75, 3.05) is 44.2 Å². The predicted molar refractivity (Wildman–Crippen MR) is 107 cm³/mol. The van der Waals surface area contributed by atoms with E-state index in [-0.39, 0.29) is 23.7 Å². The fourth-order valence-electron chi connectivity index (χ4n) is 3.83. The number of phenolic OH excluding ortho intramolecular Hbond substituents is 1. The van der Waals surface area contributed by atoms with Gasteiger partial charge in [-0.2, -0.15) is 0 Å². The molecule has 1 unspecified atom stereocenters. The molecule has 2 heterocycles. The molecule has 0 aliphatic carbocycles. The molecular formula is C21H31N3O4. The van der Waals surface area contributed by atoms with E-state index >= 15 is 0 Å². The van der Waals surface area contributed by atoms with Crippen molar-refractivity contribution < 1.29 is 19.4 Å². The first-order valence-electron chi connectivity index (χ1n) is 10.0. The van der Waals surface area contributed by atoms with Crippen LogP contribution in [0.3, 0.4) is 0 Å². The number of amides is 2. The lowest BCUT2D eigenvalue weighted by Gasteiger charge is -2.40. The summed E-state index contributed by atoms with van der Waals surface area (Å²) in [5.74, 6) is 0.214. The Morgan fingerprint density at radius 1 is 1.04 bits per heavy atom. The molecule has 1 aromatic rings. The van der Waals surface area contributed by atoms with Gasteiger partial charge in [0.05, 0.1) is 11.6 Å². The molecule has 154 valence electrons. The van der Waals surface area contributed by atoms with Crippen LogP contribution in [0.15, 0.2) is 24.3 Å². The van der Waals surface area contributed by atoms with Gasteiger partial charge in [0.1, 0.15) is 11.4 Å². The second kappa shape index (κ2) is 8.29. The minimum Gasteiger partial charge on any atom is -0.506 e. The van der Waals surface area contributed by atoms with Crippen molar-refractivity contribution >= 4 is 17.7 Å². The fourth-order valence-corrected chi connectivity index (χ4v) is 3.83. The summed E-state index contributed by atoms with van der Waals surface area (Å²) < 4.78 is 5.46. The van der Waals surface area contributed by atoms with Crippen LogP contribution in [0.1, 0.15) is 33.6 Å². The highest BCUT2D eigenvalue weighted by atomic mass is 16.6. The molecule has 7 nitrogen and oxygen atoms in total. The zero-order valence-corrected chi connectivity index (χ0v) is 17.1. The average Bonchev–Trinajstić information content (AvgIpc) is 2.67. The van der Waals surface area contributed by atoms with Gasteiger partial charge in [-0.05, 0) is 45.7 Å². The number of aromatic hydroxyl groups is 1. The predicted octanol–water partition coefficient (Wildman–Crippen LogP) is 2.69. The molecule has 0 bridgehead atoms. The lowest BCUT2D eigenvalue weighted by atomic mass is 9.96. The monoisotopic (exact) mass is 389 g/mol. The number of hydrogen-bond donors (Lipinski definition) is 1. The van der Waals surface area contributed by atoms with Crippen molar-refractivity contribution in [1.29, 1.82) is 0 Å². The van der Waals surface area contributed by atoms with E-state index in [0.717, 1.165) is 18.5 Å². The first-order valence-corrected chi connectivity index (χ1v) is 10.0. The smallest absolute Gasteiger partial charge is 0.410 e. The summed E-state index contributed by atoms with van der Waals surface area (Å²) in [5, 5.41) is 10.0. The number of hydrogen-bond acceptors (Lipinski definition) is 5. The van der Waals surface area contributed by atoms with E-state index in [9.17, 15) is 14.7 Å². The Balaban J connectivity index is 1.55. The number of anilines is 1. The SMILES string of the molecule is CC(C)(C)OC(=O)N1CCCC(C(=O)N2CCN(c3ccccc3O)CC2)C1. The number of carbonyl (C=O) groups is 2. The quantitative estimate of drug-likeness (QED) is 0.842. The normalized spacial score (nSPS) is 20.8. The van der Waals surface area contributed by atoms with Crippen LogP contribution in [0.25, 0.3) is 0 Å². The highest BCUT2D eigenvalue weighted by Gasteiger charge is 2.34. The Labute approximate surface area is 166 Å². The van der Waals surface area contributed by atoms with Crippen molar-refractivity contribution in [2.45, 2.75) is 39.2 Å². The molecule has 0 radical (unpaired) electrons. The van der Waals surface area contributed by atoms with Gasteiger partial charge >= 0.3 is 6.09 Å². The number of carbonyl (C=O) groups excluding carboxylic acids is 2. The van der Waals surface area contributed by atoms with E-state index < -0.39 is 5.60 Å². The van der Waals surface area contributed by atoms with Crippen molar-refractivity contribution in [2.24, 2.45) is 5.92 Å². The van der Waals surface area contributed by atoms with Crippen molar-refractivity contribution in [3.63, 3.8) is 0 Å². The summed E-state index contributed by atoms with van der Waals surface area (Å²) in [6.45, 7) is 9.22. The van der Waals surface area contributed by atoms with Crippen LogP contribution in [-0.4, -0.2) is 71.8 Å². The van der Waals surface area contributed by atoms with E-state index in [1.54, 1.807) is 17.0 Å². The van der Waals surface area contributed by atoms with Crippen LogP contribution in [0.2, 0.25) is 0 Å². The second-order valence-corrected chi connectivity index (χ2v) is 8.57. The Hall–Kier alpha value is -2.44. The summed E-state index contributed by atoms with van der Waals surface area (Å²) in [4.78, 5) is 31.0. The summed E-state index contributed by atoms with van der Waals surface area (Å²) in [6, 6.07) is 7.28. The van der Waals surface area contributed by atoms with Gasteiger partial charge in [0, 0.05) is 39.3 Å². The van der Waals surface area contributed by atoms with Crippen LogP contribution < -0.4 is 4.90 Å². The van der Waals surface area contributed by atoms with Crippen LogP contribution in [0.4, 0.5) is 10.5 Å². The molecular weight excluding hydrogens is 358 g/mol. The summed E-state index contributed by atoms with van der Waals surface area (Å²) in [6.07, 6.45) is 1.28. The van der Waals surface area contributed by atoms with Gasteiger partial charge in [-0.3, -0.25) is 4.79 Å². The topological polar surface area (TPSA) is 73.3 Å². The van der Waals surface area contributed by atoms with Gasteiger partial charge < -0.3 is 24.5 Å². The molecule has 7 heteroatoms. The largest absolute Gasteiger partial charge is 0.506 e. The van der Waals surface area contributed by atoms with Crippen LogP contribution >= 0.6 is 0 Å². The lowest BCUT2D eigenvalue weighted by Crippen LogP contribution is -2.53. The van der Waals surface area contributed by atoms with Gasteiger partial charge in [0.25, 0.3) is 0 Å². The van der Waals surface area contributed by atoms with Crippen molar-refractivity contribution in [1.82, 2.24) is 9.80 Å². The summed E-state index contributed by atoms with van der Waals surface area (Å²) in [7, 11) is 0. The van der Waals surface area contributed by atoms with E-state index in [4.69, 9.17) is 4.74 Å². The third kappa shape index (κ3) is 4.88. The van der Waals surface area contributed by atoms with E-state index in [1.807, 2.05) is 37.8 Å². The number of benzene rings is 1. The summed E-state index contributed by atoms with van der Waals surface area (Å²) in [5.41, 5.74) is 0.274. The van der Waals surface area contributed by atoms with E-state index in [0.29, 0.717) is 39.3 Å². The number of piperidine rings is 1. The molecule has 2 amide bonds. The maximum absolute atomic E-state index is 13.0. The molecule has 0 aromatic heterocycles. The van der Waals surface area contributed by atoms with Gasteiger partial charge in [-0.1, -0.05) is 12.1 Å². The van der Waals surface area contributed by atoms with E-state index in [2.05, 4.69) is 4.90 Å². The molecule has 2 saturated heterocycles. The first kappa shape index (κ1) is 20.3. The third-order valence-electron chi connectivity index (χ3n) is 5.24. The minimum absolute atomic E-state index is 0.116. The number of piperazine rings is 1. The number of rotatable bonds is 2. The number of likely N-dealkylation sites (tertiary alicyclic amines) is 1. The highest BCUT2D eigenvalue weighted by Crippen LogP contribution is 2.28. The van der Waals surface area contributed by atoms with Crippen LogP contribution in [-0.2, 0) is 9.53 Å². The zero-order valence-electron chi connectivity index (χ0n) is 17.1. The first-order chi connectivity index (χ1) is 13.2. The lowest BCUT2D eigenvalue weighted by molar-refractivity contribution is -0.137. The standard InChI is InChI=1S/C21H31N3O4/c1-21(2,3)28-20(27)24-10-6-7-16(15-24)19(26)23-13-11-22(12-14-23)17-8-4-5-9-18(17)25/h4-5,8-9,16,25H,6-7,10-15H2,1-3H3. The van der Waals surface area contributed by atoms with Gasteiger partial charge in [0.15, 0.2) is 0 Å². The minimum atomic E-state index is -0.534. The van der Waals surface area contributed by atoms with Gasteiger partial charge in [-0.15, -0.1) is 0 Å². The highest BCUT2D eigenvalue weighted by molar-refractivity contribution is 5.80. The van der Waals surface area contributed by atoms with Gasteiger partial charge in [0.2, 0.25) is 5.91 Å². The molecule has 1 aromatic carbocycles. The number of para-hydroxylation sites is 2. The van der Waals surface area contributed by atoms with Crippen LogP contribution in [0, 0.1) is 5.92 Å². The number of ether oxygens (including phenoxy) is 1. The Morgan fingerprint density at radius 2 is 1.71 bits per heavy atom. The van der Waals surface area contributed by atoms with Crippen molar-refractivity contribution in [3.8, 4) is 5.75 Å². The molecule has 1 atom stereocenters. The third-order valence-corrected chi connectivity index (χ3v) is 5.24. The van der Waals surface area contributed by atoms with Gasteiger partial charge in [-0.25, -0.2) is 4.79 Å². The van der Waals surface area contributed by atoms with Crippen molar-refractivity contribution in [3.05, 3.63) is 24.3 Å². The van der Waals surface area contributed by atoms with Crippen LogP contribution in [0.5, 0.6) is 5.75 Å². The van der Waals surface area contributed by atoms with E-state index in [1.165, 1.54) is 0 Å². The molecule has 2 aliphatic rings. The number of nitrogens with zero attached hydrogens (tertiary/aromatic N) is 3. The number of phenols is 1. The fraction of sp³-hybridized carbons (Fsp3) is 0.619. The summed E-state index contributed by atoms with van der Waals surface area (Å²) >= 11 is 0. The maximum Gasteiger partial charge on any atom is 0.410 e. The molecule has 2 aliphatic heterocycles. The molecule has 28 heavy (non-hydrogen) atoms. The molecule has 3 rings (SSSR count).